The molecule has 0 saturated heterocycles. The number of rotatable bonds is 7. The van der Waals surface area contributed by atoms with E-state index in [1.54, 1.807) is 0 Å². The first-order chi connectivity index (χ1) is 11.0. The Bertz CT molecular complexity index is 718. The summed E-state index contributed by atoms with van der Waals surface area (Å²) in [6.45, 7) is 0.303. The van der Waals surface area contributed by atoms with Crippen LogP contribution < -0.4 is 5.32 Å². The number of aromatic nitrogens is 1. The summed E-state index contributed by atoms with van der Waals surface area (Å²) in [5, 5.41) is 13.4. The number of benzene rings is 1. The van der Waals surface area contributed by atoms with Gasteiger partial charge in [0.25, 0.3) is 0 Å². The Labute approximate surface area is 135 Å². The predicted molar refractivity (Wildman–Crippen MR) is 80.5 cm³/mol. The van der Waals surface area contributed by atoms with Gasteiger partial charge in [-0.25, -0.2) is 18.6 Å². The van der Waals surface area contributed by atoms with E-state index < -0.39 is 17.6 Å². The minimum atomic E-state index is -1.09. The molecule has 0 fully saturated rings. The molecule has 0 aliphatic heterocycles. The van der Waals surface area contributed by atoms with Crippen molar-refractivity contribution in [2.45, 2.75) is 19.3 Å². The Morgan fingerprint density at radius 3 is 2.74 bits per heavy atom. The number of nitrogens with zero attached hydrogens (tertiary/aromatic N) is 1. The molecular formula is C15H14F2N2O3S. The molecule has 2 aromatic rings. The van der Waals surface area contributed by atoms with Crippen LogP contribution in [-0.2, 0) is 17.6 Å². The van der Waals surface area contributed by atoms with Gasteiger partial charge in [-0.15, -0.1) is 11.3 Å². The highest BCUT2D eigenvalue weighted by atomic mass is 32.1. The van der Waals surface area contributed by atoms with E-state index in [0.29, 0.717) is 18.0 Å². The standard InChI is InChI=1S/C15H14F2N2O3S/c16-10-3-1-2-9(14(10)17)4-5-12(20)18-7-6-13-19-11(8-23-13)15(21)22/h1-3,8H,4-7H2,(H,18,20)(H,21,22). The molecule has 0 saturated carbocycles. The van der Waals surface area contributed by atoms with E-state index in [1.165, 1.54) is 28.8 Å². The molecule has 1 aromatic heterocycles. The van der Waals surface area contributed by atoms with Crippen LogP contribution in [0.25, 0.3) is 0 Å². The van der Waals surface area contributed by atoms with Crippen molar-refractivity contribution in [3.05, 3.63) is 51.5 Å². The molecule has 0 aliphatic carbocycles. The van der Waals surface area contributed by atoms with Gasteiger partial charge in [0.15, 0.2) is 17.3 Å². The highest BCUT2D eigenvalue weighted by Crippen LogP contribution is 2.13. The molecular weight excluding hydrogens is 326 g/mol. The lowest BCUT2D eigenvalue weighted by molar-refractivity contribution is -0.121. The van der Waals surface area contributed by atoms with Crippen LogP contribution in [0.3, 0.4) is 0 Å². The largest absolute Gasteiger partial charge is 0.476 e. The van der Waals surface area contributed by atoms with Crippen molar-refractivity contribution in [3.63, 3.8) is 0 Å². The Kier molecular flexibility index (Phi) is 5.75. The summed E-state index contributed by atoms with van der Waals surface area (Å²) in [5.41, 5.74) is 0.143. The van der Waals surface area contributed by atoms with Crippen molar-refractivity contribution in [2.24, 2.45) is 0 Å². The van der Waals surface area contributed by atoms with E-state index in [2.05, 4.69) is 10.3 Å². The number of carbonyl (C=O) groups excluding carboxylic acids is 1. The fourth-order valence-electron chi connectivity index (χ4n) is 1.91. The summed E-state index contributed by atoms with van der Waals surface area (Å²) < 4.78 is 26.5. The Morgan fingerprint density at radius 1 is 1.26 bits per heavy atom. The first-order valence-electron chi connectivity index (χ1n) is 6.84. The topological polar surface area (TPSA) is 79.3 Å². The second-order valence-corrected chi connectivity index (χ2v) is 5.69. The molecule has 0 atom stereocenters. The maximum absolute atomic E-state index is 13.4. The zero-order chi connectivity index (χ0) is 16.8. The molecule has 5 nitrogen and oxygen atoms in total. The van der Waals surface area contributed by atoms with Gasteiger partial charge in [0.05, 0.1) is 5.01 Å². The first-order valence-corrected chi connectivity index (χ1v) is 7.72. The van der Waals surface area contributed by atoms with Crippen molar-refractivity contribution in [3.8, 4) is 0 Å². The molecule has 0 unspecified atom stereocenters. The minimum absolute atomic E-state index is 0.0158. The van der Waals surface area contributed by atoms with Gasteiger partial charge in [0.1, 0.15) is 0 Å². The number of carbonyl (C=O) groups is 2. The molecule has 0 radical (unpaired) electrons. The Hall–Kier alpha value is -2.35. The van der Waals surface area contributed by atoms with Gasteiger partial charge in [-0.2, -0.15) is 0 Å². The number of aromatic carboxylic acids is 1. The molecule has 2 rings (SSSR count). The van der Waals surface area contributed by atoms with Gasteiger partial charge >= 0.3 is 5.97 Å². The lowest BCUT2D eigenvalue weighted by Crippen LogP contribution is -2.26. The van der Waals surface area contributed by atoms with Gasteiger partial charge in [-0.05, 0) is 18.1 Å². The van der Waals surface area contributed by atoms with Gasteiger partial charge in [-0.1, -0.05) is 12.1 Å². The summed E-state index contributed by atoms with van der Waals surface area (Å²) in [7, 11) is 0. The van der Waals surface area contributed by atoms with Crippen molar-refractivity contribution in [2.75, 3.05) is 6.54 Å². The summed E-state index contributed by atoms with van der Waals surface area (Å²) in [4.78, 5) is 26.3. The number of carboxylic acids is 1. The molecule has 2 N–H and O–H groups in total. The van der Waals surface area contributed by atoms with E-state index in [-0.39, 0.29) is 30.0 Å². The molecule has 122 valence electrons. The second-order valence-electron chi connectivity index (χ2n) is 4.74. The van der Waals surface area contributed by atoms with Gasteiger partial charge in [0.2, 0.25) is 5.91 Å². The average molecular weight is 340 g/mol. The fourth-order valence-corrected chi connectivity index (χ4v) is 2.68. The zero-order valence-corrected chi connectivity index (χ0v) is 12.8. The highest BCUT2D eigenvalue weighted by molar-refractivity contribution is 7.09. The lowest BCUT2D eigenvalue weighted by Gasteiger charge is -2.05. The van der Waals surface area contributed by atoms with Crippen molar-refractivity contribution in [1.82, 2.24) is 10.3 Å². The molecule has 1 heterocycles. The van der Waals surface area contributed by atoms with Crippen LogP contribution in [0.5, 0.6) is 0 Å². The number of nitrogens with one attached hydrogen (secondary N) is 1. The van der Waals surface area contributed by atoms with Crippen LogP contribution in [0, 0.1) is 11.6 Å². The third-order valence-corrected chi connectivity index (χ3v) is 3.99. The number of aryl methyl sites for hydroxylation is 1. The van der Waals surface area contributed by atoms with E-state index >= 15 is 0 Å². The van der Waals surface area contributed by atoms with Crippen LogP contribution in [0.4, 0.5) is 8.78 Å². The van der Waals surface area contributed by atoms with Gasteiger partial charge < -0.3 is 10.4 Å². The molecule has 23 heavy (non-hydrogen) atoms. The minimum Gasteiger partial charge on any atom is -0.476 e. The van der Waals surface area contributed by atoms with Gasteiger partial charge in [-0.3, -0.25) is 4.79 Å². The number of hydrogen-bond donors (Lipinski definition) is 2. The maximum Gasteiger partial charge on any atom is 0.355 e. The lowest BCUT2D eigenvalue weighted by atomic mass is 10.1. The second kappa shape index (κ2) is 7.77. The molecule has 1 aromatic carbocycles. The van der Waals surface area contributed by atoms with E-state index in [0.717, 1.165) is 6.07 Å². The van der Waals surface area contributed by atoms with Crippen LogP contribution in [0.2, 0.25) is 0 Å². The monoisotopic (exact) mass is 340 g/mol. The van der Waals surface area contributed by atoms with Crippen molar-refractivity contribution >= 4 is 23.2 Å². The molecule has 8 heteroatoms. The number of amides is 1. The summed E-state index contributed by atoms with van der Waals surface area (Å²) >= 11 is 1.21. The third kappa shape index (κ3) is 4.82. The smallest absolute Gasteiger partial charge is 0.355 e. The number of halogens is 2. The molecule has 0 bridgehead atoms. The van der Waals surface area contributed by atoms with Crippen LogP contribution >= 0.6 is 11.3 Å². The normalized spacial score (nSPS) is 10.5. The maximum atomic E-state index is 13.4. The van der Waals surface area contributed by atoms with Crippen molar-refractivity contribution < 1.29 is 23.5 Å². The van der Waals surface area contributed by atoms with Crippen LogP contribution in [0.15, 0.2) is 23.6 Å². The van der Waals surface area contributed by atoms with E-state index in [4.69, 9.17) is 5.11 Å². The van der Waals surface area contributed by atoms with Crippen LogP contribution in [-0.4, -0.2) is 28.5 Å². The van der Waals surface area contributed by atoms with Crippen molar-refractivity contribution in [1.29, 1.82) is 0 Å². The number of hydrogen-bond acceptors (Lipinski definition) is 4. The van der Waals surface area contributed by atoms with E-state index in [9.17, 15) is 18.4 Å². The number of thiazole rings is 1. The molecule has 0 aliphatic rings. The summed E-state index contributed by atoms with van der Waals surface area (Å²) in [6, 6.07) is 3.86. The van der Waals surface area contributed by atoms with Gasteiger partial charge in [0, 0.05) is 24.8 Å². The Morgan fingerprint density at radius 2 is 2.04 bits per heavy atom. The highest BCUT2D eigenvalue weighted by Gasteiger charge is 2.11. The SMILES string of the molecule is O=C(CCc1cccc(F)c1F)NCCc1nc(C(=O)O)cs1. The number of carboxylic acid groups (broad SMARTS) is 1. The quantitative estimate of drug-likeness (QED) is 0.811. The average Bonchev–Trinajstić information content (AvgIpc) is 2.98. The Balaban J connectivity index is 1.74. The third-order valence-electron chi connectivity index (χ3n) is 3.08. The molecule has 1 amide bonds. The van der Waals surface area contributed by atoms with E-state index in [1.807, 2.05) is 0 Å². The fraction of sp³-hybridized carbons (Fsp3) is 0.267. The predicted octanol–water partition coefficient (Wildman–Crippen LogP) is 2.41. The zero-order valence-electron chi connectivity index (χ0n) is 12.0. The summed E-state index contributed by atoms with van der Waals surface area (Å²) in [5.74, 6) is -3.23. The summed E-state index contributed by atoms with van der Waals surface area (Å²) in [6.07, 6.45) is 0.562. The molecule has 0 spiro atoms. The van der Waals surface area contributed by atoms with Crippen LogP contribution in [0.1, 0.15) is 27.5 Å². The first kappa shape index (κ1) is 17.0.